The van der Waals surface area contributed by atoms with Crippen LogP contribution in [0.4, 0.5) is 49.1 Å². The third-order valence-corrected chi connectivity index (χ3v) is 3.66. The van der Waals surface area contributed by atoms with Crippen molar-refractivity contribution >= 4 is 22.7 Å². The molecule has 3 rings (SSSR count). The van der Waals surface area contributed by atoms with Crippen molar-refractivity contribution in [2.45, 2.75) is 12.7 Å². The lowest BCUT2D eigenvalue weighted by molar-refractivity contribution is -0.275. The van der Waals surface area contributed by atoms with Gasteiger partial charge in [0, 0.05) is 11.4 Å². The molecular formula is C20H14F6N2O2. The van der Waals surface area contributed by atoms with Gasteiger partial charge < -0.3 is 20.1 Å². The zero-order valence-electron chi connectivity index (χ0n) is 15.0. The molecule has 0 atom stereocenters. The number of hydrogen-bond donors (Lipinski definition) is 2. The Morgan fingerprint density at radius 1 is 0.500 bits per heavy atom. The number of para-hydroxylation sites is 2. The Balaban J connectivity index is 1.70. The maximum absolute atomic E-state index is 12.2. The van der Waals surface area contributed by atoms with Crippen molar-refractivity contribution < 1.29 is 35.8 Å². The number of halogens is 6. The van der Waals surface area contributed by atoms with Gasteiger partial charge in [-0.1, -0.05) is 12.1 Å². The number of alkyl halides is 6. The van der Waals surface area contributed by atoms with Crippen LogP contribution in [0.15, 0.2) is 72.8 Å². The van der Waals surface area contributed by atoms with Crippen molar-refractivity contribution in [2.75, 3.05) is 10.6 Å². The SMILES string of the molecule is FC(F)(F)Oc1ccc(Nc2ccccc2Nc2ccc(OC(F)(F)F)cc2)cc1. The first-order valence-corrected chi connectivity index (χ1v) is 8.42. The van der Waals surface area contributed by atoms with Crippen LogP contribution in [0.5, 0.6) is 11.5 Å². The molecule has 0 aliphatic heterocycles. The van der Waals surface area contributed by atoms with E-state index in [-0.39, 0.29) is 11.5 Å². The summed E-state index contributed by atoms with van der Waals surface area (Å²) in [5.74, 6) is -0.693. The van der Waals surface area contributed by atoms with Crippen molar-refractivity contribution in [3.8, 4) is 11.5 Å². The summed E-state index contributed by atoms with van der Waals surface area (Å²) in [4.78, 5) is 0. The van der Waals surface area contributed by atoms with Gasteiger partial charge >= 0.3 is 12.7 Å². The molecular weight excluding hydrogens is 414 g/mol. The molecule has 0 radical (unpaired) electrons. The number of anilines is 4. The zero-order valence-corrected chi connectivity index (χ0v) is 15.0. The van der Waals surface area contributed by atoms with Crippen LogP contribution in [-0.4, -0.2) is 12.7 Å². The lowest BCUT2D eigenvalue weighted by Gasteiger charge is -2.15. The van der Waals surface area contributed by atoms with Crippen LogP contribution < -0.4 is 20.1 Å². The van der Waals surface area contributed by atoms with Crippen molar-refractivity contribution in [2.24, 2.45) is 0 Å². The van der Waals surface area contributed by atoms with Crippen molar-refractivity contribution in [1.29, 1.82) is 0 Å². The fraction of sp³-hybridized carbons (Fsp3) is 0.100. The van der Waals surface area contributed by atoms with Gasteiger partial charge in [-0.05, 0) is 60.7 Å². The van der Waals surface area contributed by atoms with Gasteiger partial charge in [0.2, 0.25) is 0 Å². The molecule has 0 unspecified atom stereocenters. The fourth-order valence-electron chi connectivity index (χ4n) is 2.49. The van der Waals surface area contributed by atoms with E-state index in [9.17, 15) is 26.3 Å². The third-order valence-electron chi connectivity index (χ3n) is 3.66. The van der Waals surface area contributed by atoms with Gasteiger partial charge in [-0.25, -0.2) is 0 Å². The fourth-order valence-corrected chi connectivity index (χ4v) is 2.49. The highest BCUT2D eigenvalue weighted by molar-refractivity contribution is 5.78. The Kier molecular flexibility index (Phi) is 5.95. The minimum atomic E-state index is -4.77. The first-order chi connectivity index (χ1) is 14.1. The van der Waals surface area contributed by atoms with Gasteiger partial charge in [0.15, 0.2) is 0 Å². The van der Waals surface area contributed by atoms with Crippen molar-refractivity contribution in [3.05, 3.63) is 72.8 Å². The van der Waals surface area contributed by atoms with Gasteiger partial charge in [0.05, 0.1) is 11.4 Å². The lowest BCUT2D eigenvalue weighted by atomic mass is 10.2. The van der Waals surface area contributed by atoms with Crippen LogP contribution in [0.2, 0.25) is 0 Å². The summed E-state index contributed by atoms with van der Waals surface area (Å²) >= 11 is 0. The Morgan fingerprint density at radius 2 is 0.833 bits per heavy atom. The average Bonchev–Trinajstić information content (AvgIpc) is 2.64. The van der Waals surface area contributed by atoms with Crippen LogP contribution in [-0.2, 0) is 0 Å². The smallest absolute Gasteiger partial charge is 0.406 e. The number of nitrogens with one attached hydrogen (secondary N) is 2. The molecule has 0 aliphatic rings. The highest BCUT2D eigenvalue weighted by Crippen LogP contribution is 2.31. The first-order valence-electron chi connectivity index (χ1n) is 8.42. The topological polar surface area (TPSA) is 42.5 Å². The van der Waals surface area contributed by atoms with Crippen LogP contribution in [0.1, 0.15) is 0 Å². The molecule has 0 aromatic heterocycles. The number of rotatable bonds is 6. The molecule has 0 saturated heterocycles. The Labute approximate surface area is 167 Å². The average molecular weight is 428 g/mol. The number of ether oxygens (including phenoxy) is 2. The molecule has 4 nitrogen and oxygen atoms in total. The van der Waals surface area contributed by atoms with E-state index in [0.29, 0.717) is 22.7 Å². The van der Waals surface area contributed by atoms with Crippen LogP contribution in [0, 0.1) is 0 Å². The van der Waals surface area contributed by atoms with Crippen molar-refractivity contribution in [1.82, 2.24) is 0 Å². The second-order valence-electron chi connectivity index (χ2n) is 5.94. The van der Waals surface area contributed by atoms with Crippen LogP contribution >= 0.6 is 0 Å². The largest absolute Gasteiger partial charge is 0.573 e. The predicted molar refractivity (Wildman–Crippen MR) is 99.3 cm³/mol. The van der Waals surface area contributed by atoms with E-state index in [2.05, 4.69) is 20.1 Å². The molecule has 0 heterocycles. The zero-order chi connectivity index (χ0) is 21.8. The van der Waals surface area contributed by atoms with Crippen LogP contribution in [0.3, 0.4) is 0 Å². The molecule has 158 valence electrons. The minimum absolute atomic E-state index is 0.347. The Hall–Kier alpha value is -3.56. The summed E-state index contributed by atoms with van der Waals surface area (Å²) in [6, 6.07) is 17.3. The van der Waals surface area contributed by atoms with E-state index < -0.39 is 12.7 Å². The van der Waals surface area contributed by atoms with E-state index in [1.807, 2.05) is 0 Å². The molecule has 30 heavy (non-hydrogen) atoms. The van der Waals surface area contributed by atoms with E-state index in [1.165, 1.54) is 48.5 Å². The summed E-state index contributed by atoms with van der Waals surface area (Å²) in [5, 5.41) is 6.11. The van der Waals surface area contributed by atoms with Gasteiger partial charge in [-0.2, -0.15) is 0 Å². The standard InChI is InChI=1S/C20H14F6N2O2/c21-19(22,23)29-15-9-5-13(6-10-15)27-17-3-1-2-4-18(17)28-14-7-11-16(12-8-14)30-20(24,25)26/h1-12,27-28H. The Bertz CT molecular complexity index is 890. The highest BCUT2D eigenvalue weighted by atomic mass is 19.4. The summed E-state index contributed by atoms with van der Waals surface area (Å²) in [7, 11) is 0. The van der Waals surface area contributed by atoms with Crippen LogP contribution in [0.25, 0.3) is 0 Å². The van der Waals surface area contributed by atoms with E-state index >= 15 is 0 Å². The van der Waals surface area contributed by atoms with E-state index in [1.54, 1.807) is 24.3 Å². The van der Waals surface area contributed by atoms with Gasteiger partial charge in [0.1, 0.15) is 11.5 Å². The summed E-state index contributed by atoms with van der Waals surface area (Å²) < 4.78 is 81.1. The van der Waals surface area contributed by atoms with Crippen molar-refractivity contribution in [3.63, 3.8) is 0 Å². The molecule has 0 aliphatic carbocycles. The summed E-state index contributed by atoms with van der Waals surface area (Å²) in [5.41, 5.74) is 2.20. The number of benzene rings is 3. The molecule has 3 aromatic rings. The first kappa shape index (κ1) is 21.2. The van der Waals surface area contributed by atoms with Gasteiger partial charge in [0.25, 0.3) is 0 Å². The van der Waals surface area contributed by atoms with E-state index in [0.717, 1.165) is 0 Å². The third kappa shape index (κ3) is 6.50. The molecule has 10 heteroatoms. The second kappa shape index (κ2) is 8.44. The van der Waals surface area contributed by atoms with Gasteiger partial charge in [-0.3, -0.25) is 0 Å². The Morgan fingerprint density at radius 3 is 1.13 bits per heavy atom. The highest BCUT2D eigenvalue weighted by Gasteiger charge is 2.31. The summed E-state index contributed by atoms with van der Waals surface area (Å²) in [6.07, 6.45) is -9.54. The van der Waals surface area contributed by atoms with E-state index in [4.69, 9.17) is 0 Å². The molecule has 0 fully saturated rings. The predicted octanol–water partition coefficient (Wildman–Crippen LogP) is 6.97. The normalized spacial score (nSPS) is 11.7. The maximum Gasteiger partial charge on any atom is 0.573 e. The molecule has 0 amide bonds. The maximum atomic E-state index is 12.2. The van der Waals surface area contributed by atoms with Gasteiger partial charge in [-0.15, -0.1) is 26.3 Å². The monoisotopic (exact) mass is 428 g/mol. The minimum Gasteiger partial charge on any atom is -0.406 e. The molecule has 0 spiro atoms. The number of hydrogen-bond acceptors (Lipinski definition) is 4. The molecule has 0 saturated carbocycles. The second-order valence-corrected chi connectivity index (χ2v) is 5.94. The summed E-state index contributed by atoms with van der Waals surface area (Å²) in [6.45, 7) is 0. The molecule has 0 bridgehead atoms. The molecule has 3 aromatic carbocycles. The lowest BCUT2D eigenvalue weighted by Crippen LogP contribution is -2.17. The quantitative estimate of drug-likeness (QED) is 0.416. The molecule has 2 N–H and O–H groups in total.